The first-order valence-electron chi connectivity index (χ1n) is 7.14. The van der Waals surface area contributed by atoms with E-state index in [0.717, 1.165) is 10.2 Å². The average Bonchev–Trinajstić information content (AvgIpc) is 2.86. The highest BCUT2D eigenvalue weighted by Gasteiger charge is 2.24. The zero-order valence-electron chi connectivity index (χ0n) is 13.2. The van der Waals surface area contributed by atoms with Crippen LogP contribution in [-0.2, 0) is 4.79 Å². The number of aromatic nitrogens is 2. The van der Waals surface area contributed by atoms with E-state index in [4.69, 9.17) is 5.11 Å². The van der Waals surface area contributed by atoms with Crippen LogP contribution in [0, 0.1) is 6.92 Å². The lowest BCUT2D eigenvalue weighted by atomic mass is 10.2. The van der Waals surface area contributed by atoms with E-state index in [-0.39, 0.29) is 18.5 Å². The van der Waals surface area contributed by atoms with Gasteiger partial charge in [-0.15, -0.1) is 0 Å². The minimum absolute atomic E-state index is 0.214. The number of halogens is 1. The van der Waals surface area contributed by atoms with Crippen LogP contribution in [0.3, 0.4) is 0 Å². The lowest BCUT2D eigenvalue weighted by Crippen LogP contribution is -2.40. The molecule has 1 aromatic carbocycles. The van der Waals surface area contributed by atoms with Gasteiger partial charge in [0, 0.05) is 16.7 Å². The van der Waals surface area contributed by atoms with Gasteiger partial charge in [0.15, 0.2) is 0 Å². The van der Waals surface area contributed by atoms with Gasteiger partial charge in [0.25, 0.3) is 5.91 Å². The maximum Gasteiger partial charge on any atom is 0.323 e. The Morgan fingerprint density at radius 1 is 1.30 bits per heavy atom. The summed E-state index contributed by atoms with van der Waals surface area (Å²) in [5.41, 5.74) is 1.79. The molecule has 1 N–H and O–H groups in total. The molecule has 1 amide bonds. The number of carbonyl (C=O) groups is 2. The smallest absolute Gasteiger partial charge is 0.323 e. The first-order valence-corrected chi connectivity index (χ1v) is 7.94. The molecule has 0 spiro atoms. The van der Waals surface area contributed by atoms with Crippen LogP contribution in [-0.4, -0.2) is 44.3 Å². The number of amides is 1. The predicted molar refractivity (Wildman–Crippen MR) is 89.8 cm³/mol. The Morgan fingerprint density at radius 3 is 2.43 bits per heavy atom. The molecule has 1 aromatic heterocycles. The Balaban J connectivity index is 2.34. The first kappa shape index (κ1) is 17.2. The summed E-state index contributed by atoms with van der Waals surface area (Å²) in [6, 6.07) is 7.32. The van der Waals surface area contributed by atoms with Crippen LogP contribution in [0.2, 0.25) is 0 Å². The van der Waals surface area contributed by atoms with E-state index in [9.17, 15) is 9.59 Å². The molecule has 0 aliphatic rings. The van der Waals surface area contributed by atoms with Crippen molar-refractivity contribution in [1.82, 2.24) is 14.7 Å². The second kappa shape index (κ2) is 6.95. The number of carboxylic acids is 1. The Morgan fingerprint density at radius 2 is 1.91 bits per heavy atom. The van der Waals surface area contributed by atoms with Gasteiger partial charge < -0.3 is 10.0 Å². The highest BCUT2D eigenvalue weighted by Crippen LogP contribution is 2.17. The molecule has 0 bridgehead atoms. The van der Waals surface area contributed by atoms with Crippen molar-refractivity contribution in [1.29, 1.82) is 0 Å². The molecule has 0 saturated heterocycles. The standard InChI is InChI=1S/C16H18BrN3O3/c1-10(2)19(9-15(21)22)16(23)14-8-20(18-11(14)3)13-6-4-12(17)5-7-13/h4-8,10H,9H2,1-3H3,(H,21,22). The van der Waals surface area contributed by atoms with Gasteiger partial charge in [-0.25, -0.2) is 4.68 Å². The molecule has 2 rings (SSSR count). The summed E-state index contributed by atoms with van der Waals surface area (Å²) in [7, 11) is 0. The van der Waals surface area contributed by atoms with Crippen molar-refractivity contribution in [2.24, 2.45) is 0 Å². The third-order valence-corrected chi connectivity index (χ3v) is 3.94. The van der Waals surface area contributed by atoms with Gasteiger partial charge >= 0.3 is 5.97 Å². The van der Waals surface area contributed by atoms with Gasteiger partial charge in [0.05, 0.1) is 16.9 Å². The zero-order valence-corrected chi connectivity index (χ0v) is 14.7. The number of hydrogen-bond acceptors (Lipinski definition) is 3. The minimum atomic E-state index is -1.04. The van der Waals surface area contributed by atoms with E-state index in [2.05, 4.69) is 21.0 Å². The van der Waals surface area contributed by atoms with Crippen molar-refractivity contribution in [2.45, 2.75) is 26.8 Å². The molecule has 0 saturated carbocycles. The topological polar surface area (TPSA) is 75.4 Å². The molecule has 2 aromatic rings. The Labute approximate surface area is 142 Å². The monoisotopic (exact) mass is 379 g/mol. The molecule has 0 radical (unpaired) electrons. The van der Waals surface area contributed by atoms with Gasteiger partial charge in [-0.3, -0.25) is 9.59 Å². The van der Waals surface area contributed by atoms with Crippen molar-refractivity contribution in [3.63, 3.8) is 0 Å². The molecule has 0 fully saturated rings. The molecule has 0 unspecified atom stereocenters. The predicted octanol–water partition coefficient (Wildman–Crippen LogP) is 2.88. The van der Waals surface area contributed by atoms with E-state index >= 15 is 0 Å². The normalized spacial score (nSPS) is 10.8. The highest BCUT2D eigenvalue weighted by atomic mass is 79.9. The van der Waals surface area contributed by atoms with Crippen LogP contribution in [0.15, 0.2) is 34.9 Å². The SMILES string of the molecule is Cc1nn(-c2ccc(Br)cc2)cc1C(=O)N(CC(=O)O)C(C)C. The summed E-state index contributed by atoms with van der Waals surface area (Å²) in [5, 5.41) is 13.3. The third-order valence-electron chi connectivity index (χ3n) is 3.41. The van der Waals surface area contributed by atoms with Gasteiger partial charge in [0.2, 0.25) is 0 Å². The number of carbonyl (C=O) groups excluding carboxylic acids is 1. The van der Waals surface area contributed by atoms with Crippen molar-refractivity contribution in [3.05, 3.63) is 46.2 Å². The average molecular weight is 380 g/mol. The maximum absolute atomic E-state index is 12.6. The van der Waals surface area contributed by atoms with Crippen molar-refractivity contribution < 1.29 is 14.7 Å². The summed E-state index contributed by atoms with van der Waals surface area (Å²) in [5.74, 6) is -1.37. The fraction of sp³-hybridized carbons (Fsp3) is 0.312. The molecular formula is C16H18BrN3O3. The van der Waals surface area contributed by atoms with E-state index in [0.29, 0.717) is 11.3 Å². The third kappa shape index (κ3) is 3.98. The number of rotatable bonds is 5. The lowest BCUT2D eigenvalue weighted by molar-refractivity contribution is -0.138. The van der Waals surface area contributed by atoms with Crippen molar-refractivity contribution in [3.8, 4) is 5.69 Å². The van der Waals surface area contributed by atoms with E-state index in [1.54, 1.807) is 31.6 Å². The molecule has 6 nitrogen and oxygen atoms in total. The summed E-state index contributed by atoms with van der Waals surface area (Å²) < 4.78 is 2.57. The Hall–Kier alpha value is -2.15. The molecule has 23 heavy (non-hydrogen) atoms. The Kier molecular flexibility index (Phi) is 5.20. The summed E-state index contributed by atoms with van der Waals surface area (Å²) in [6.45, 7) is 4.98. The molecule has 1 heterocycles. The second-order valence-electron chi connectivity index (χ2n) is 5.47. The lowest BCUT2D eigenvalue weighted by Gasteiger charge is -2.24. The number of carboxylic acid groups (broad SMARTS) is 1. The first-order chi connectivity index (χ1) is 10.8. The molecule has 0 aliphatic carbocycles. The largest absolute Gasteiger partial charge is 0.480 e. The number of benzene rings is 1. The van der Waals surface area contributed by atoms with E-state index in [1.165, 1.54) is 4.90 Å². The molecule has 0 atom stereocenters. The zero-order chi connectivity index (χ0) is 17.1. The quantitative estimate of drug-likeness (QED) is 0.866. The molecular weight excluding hydrogens is 362 g/mol. The van der Waals surface area contributed by atoms with Crippen LogP contribution in [0.5, 0.6) is 0 Å². The van der Waals surface area contributed by atoms with Crippen LogP contribution in [0.4, 0.5) is 0 Å². The van der Waals surface area contributed by atoms with Gasteiger partial charge in [-0.1, -0.05) is 15.9 Å². The van der Waals surface area contributed by atoms with Crippen molar-refractivity contribution in [2.75, 3.05) is 6.54 Å². The van der Waals surface area contributed by atoms with Gasteiger partial charge in [-0.05, 0) is 45.0 Å². The van der Waals surface area contributed by atoms with Crippen LogP contribution >= 0.6 is 15.9 Å². The summed E-state index contributed by atoms with van der Waals surface area (Å²) in [6.07, 6.45) is 1.64. The van der Waals surface area contributed by atoms with Gasteiger partial charge in [-0.2, -0.15) is 5.10 Å². The Bertz CT molecular complexity index is 723. The maximum atomic E-state index is 12.6. The molecule has 7 heteroatoms. The molecule has 0 aliphatic heterocycles. The summed E-state index contributed by atoms with van der Waals surface area (Å²) >= 11 is 3.37. The van der Waals surface area contributed by atoms with Crippen molar-refractivity contribution >= 4 is 27.8 Å². The number of aliphatic carboxylic acids is 1. The van der Waals surface area contributed by atoms with Crippen LogP contribution in [0.25, 0.3) is 5.69 Å². The second-order valence-corrected chi connectivity index (χ2v) is 6.39. The van der Waals surface area contributed by atoms with E-state index < -0.39 is 5.97 Å². The van der Waals surface area contributed by atoms with Crippen LogP contribution in [0.1, 0.15) is 29.9 Å². The molecule has 122 valence electrons. The summed E-state index contributed by atoms with van der Waals surface area (Å²) in [4.78, 5) is 24.9. The highest BCUT2D eigenvalue weighted by molar-refractivity contribution is 9.10. The minimum Gasteiger partial charge on any atom is -0.480 e. The fourth-order valence-electron chi connectivity index (χ4n) is 2.19. The number of hydrogen-bond donors (Lipinski definition) is 1. The number of aryl methyl sites for hydroxylation is 1. The van der Waals surface area contributed by atoms with E-state index in [1.807, 2.05) is 24.3 Å². The van der Waals surface area contributed by atoms with Crippen LogP contribution < -0.4 is 0 Å². The fourth-order valence-corrected chi connectivity index (χ4v) is 2.45. The number of nitrogens with zero attached hydrogens (tertiary/aromatic N) is 3. The van der Waals surface area contributed by atoms with Gasteiger partial charge in [0.1, 0.15) is 6.54 Å².